The van der Waals surface area contributed by atoms with E-state index in [1.165, 1.54) is 18.9 Å². The second-order valence-electron chi connectivity index (χ2n) is 10.8. The fraction of sp³-hybridized carbons (Fsp3) is 0.206. The molecule has 0 aliphatic carbocycles. The first-order chi connectivity index (χ1) is 21.6. The van der Waals surface area contributed by atoms with Crippen LogP contribution >= 0.6 is 11.3 Å². The third kappa shape index (κ3) is 5.14. The molecule has 10 nitrogen and oxygen atoms in total. The highest BCUT2D eigenvalue weighted by molar-refractivity contribution is 7.18. The summed E-state index contributed by atoms with van der Waals surface area (Å²) in [5.41, 5.74) is 4.00. The number of carbonyl (C=O) groups excluding carboxylic acids is 3. The van der Waals surface area contributed by atoms with Crippen molar-refractivity contribution in [2.24, 2.45) is 0 Å². The Kier molecular flexibility index (Phi) is 7.71. The summed E-state index contributed by atoms with van der Waals surface area (Å²) in [5, 5.41) is 12.0. The molecule has 1 aliphatic rings. The van der Waals surface area contributed by atoms with Crippen molar-refractivity contribution < 1.29 is 29.0 Å². The molecular weight excluding hydrogens is 592 g/mol. The number of aryl methyl sites for hydroxylation is 3. The van der Waals surface area contributed by atoms with Gasteiger partial charge in [0.2, 0.25) is 0 Å². The number of fused-ring (bicyclic) bond motifs is 1. The molecule has 228 valence electrons. The van der Waals surface area contributed by atoms with E-state index in [1.807, 2.05) is 60.0 Å². The number of aromatic nitrogens is 3. The normalized spacial score (nSPS) is 16.0. The predicted octanol–water partition coefficient (Wildman–Crippen LogP) is 6.13. The maximum absolute atomic E-state index is 13.8. The van der Waals surface area contributed by atoms with Crippen molar-refractivity contribution in [3.8, 4) is 11.5 Å². The summed E-state index contributed by atoms with van der Waals surface area (Å²) >= 11 is 1.02. The molecule has 11 heteroatoms. The van der Waals surface area contributed by atoms with E-state index in [0.29, 0.717) is 45.6 Å². The van der Waals surface area contributed by atoms with E-state index in [9.17, 15) is 19.5 Å². The number of aliphatic hydroxyl groups is 1. The number of hydrogen-bond acceptors (Lipinski definition) is 9. The molecular formula is C34H30N4O6S. The number of hydrogen-bond donors (Lipinski definition) is 1. The molecule has 0 radical (unpaired) electrons. The first-order valence-corrected chi connectivity index (χ1v) is 15.0. The summed E-state index contributed by atoms with van der Waals surface area (Å²) in [5.74, 6) is -1.57. The van der Waals surface area contributed by atoms with Crippen molar-refractivity contribution in [1.29, 1.82) is 0 Å². The number of thiazole rings is 1. The number of anilines is 1. The standard InChI is InChI=1S/C34H30N4O6S/c1-18-10-9-15-37-20(3)27(36-32(18)37)29(40)26-28(38(33(42)30(26)41)34-35-19(2)31(45-34)21(4)39)23-13-14-24(25(16-23)43-5)44-17-22-11-7-6-8-12-22/h6-16,28,40H,17H2,1-5H3/b29-26+. The van der Waals surface area contributed by atoms with Gasteiger partial charge in [0.05, 0.1) is 35.0 Å². The topological polar surface area (TPSA) is 123 Å². The molecule has 1 fully saturated rings. The lowest BCUT2D eigenvalue weighted by Gasteiger charge is -2.24. The van der Waals surface area contributed by atoms with Crippen molar-refractivity contribution in [2.75, 3.05) is 12.0 Å². The SMILES string of the molecule is COc1cc(C2/C(=C(\O)c3nc4c(C)cccn4c3C)C(=O)C(=O)N2c2nc(C)c(C(C)=O)s2)ccc1OCc1ccccc1. The summed E-state index contributed by atoms with van der Waals surface area (Å²) in [6.07, 6.45) is 1.82. The second-order valence-corrected chi connectivity index (χ2v) is 11.7. The number of imidazole rings is 1. The highest BCUT2D eigenvalue weighted by Gasteiger charge is 2.49. The zero-order valence-electron chi connectivity index (χ0n) is 25.3. The van der Waals surface area contributed by atoms with Gasteiger partial charge in [0, 0.05) is 13.1 Å². The number of aliphatic hydroxyl groups excluding tert-OH is 1. The van der Waals surface area contributed by atoms with Gasteiger partial charge in [-0.3, -0.25) is 19.3 Å². The summed E-state index contributed by atoms with van der Waals surface area (Å²) in [6, 6.07) is 17.4. The molecule has 2 aromatic carbocycles. The Morgan fingerprint density at radius 1 is 1.00 bits per heavy atom. The Hall–Kier alpha value is -5.29. The van der Waals surface area contributed by atoms with Crippen molar-refractivity contribution >= 4 is 45.3 Å². The van der Waals surface area contributed by atoms with Gasteiger partial charge >= 0.3 is 5.91 Å². The molecule has 1 aliphatic heterocycles. The van der Waals surface area contributed by atoms with Crippen LogP contribution in [0.3, 0.4) is 0 Å². The first kappa shape index (κ1) is 29.8. The molecule has 45 heavy (non-hydrogen) atoms. The van der Waals surface area contributed by atoms with Crippen LogP contribution in [0.1, 0.15) is 56.4 Å². The number of Topliss-reactive ketones (excluding diaryl/α,β-unsaturated/α-hetero) is 2. The van der Waals surface area contributed by atoms with Crippen LogP contribution in [0.5, 0.6) is 11.5 Å². The third-order valence-corrected chi connectivity index (χ3v) is 9.06. The van der Waals surface area contributed by atoms with Gasteiger partial charge in [-0.15, -0.1) is 0 Å². The fourth-order valence-electron chi connectivity index (χ4n) is 5.54. The van der Waals surface area contributed by atoms with Crippen LogP contribution < -0.4 is 14.4 Å². The molecule has 1 unspecified atom stereocenters. The summed E-state index contributed by atoms with van der Waals surface area (Å²) in [6.45, 7) is 7.07. The minimum atomic E-state index is -1.10. The zero-order chi connectivity index (χ0) is 32.0. The van der Waals surface area contributed by atoms with Crippen LogP contribution in [-0.2, 0) is 16.2 Å². The number of nitrogens with zero attached hydrogens (tertiary/aromatic N) is 4. The third-order valence-electron chi connectivity index (χ3n) is 7.80. The molecule has 4 heterocycles. The number of ether oxygens (including phenoxy) is 2. The van der Waals surface area contributed by atoms with E-state index in [0.717, 1.165) is 22.5 Å². The highest BCUT2D eigenvalue weighted by atomic mass is 32.1. The van der Waals surface area contributed by atoms with Crippen molar-refractivity contribution in [2.45, 2.75) is 40.3 Å². The molecule has 6 rings (SSSR count). The largest absolute Gasteiger partial charge is 0.505 e. The Labute approximate surface area is 263 Å². The number of benzene rings is 2. The summed E-state index contributed by atoms with van der Waals surface area (Å²) in [4.78, 5) is 50.6. The van der Waals surface area contributed by atoms with Gasteiger partial charge in [0.1, 0.15) is 17.9 Å². The average Bonchev–Trinajstić information content (AvgIpc) is 3.67. The Balaban J connectivity index is 1.52. The molecule has 0 bridgehead atoms. The second kappa shape index (κ2) is 11.7. The van der Waals surface area contributed by atoms with Crippen LogP contribution in [0.25, 0.3) is 11.4 Å². The highest BCUT2D eigenvalue weighted by Crippen LogP contribution is 2.46. The quantitative estimate of drug-likeness (QED) is 0.0949. The lowest BCUT2D eigenvalue weighted by atomic mass is 9.96. The minimum Gasteiger partial charge on any atom is -0.505 e. The zero-order valence-corrected chi connectivity index (χ0v) is 26.1. The predicted molar refractivity (Wildman–Crippen MR) is 170 cm³/mol. The average molecular weight is 623 g/mol. The number of carbonyl (C=O) groups is 3. The van der Waals surface area contributed by atoms with Gasteiger partial charge in [-0.2, -0.15) is 0 Å². The van der Waals surface area contributed by atoms with Gasteiger partial charge in [-0.25, -0.2) is 9.97 Å². The van der Waals surface area contributed by atoms with Crippen LogP contribution in [0.4, 0.5) is 5.13 Å². The fourth-order valence-corrected chi connectivity index (χ4v) is 6.53. The van der Waals surface area contributed by atoms with E-state index in [4.69, 9.17) is 9.47 Å². The molecule has 1 N–H and O–H groups in total. The van der Waals surface area contributed by atoms with Gasteiger partial charge in [0.15, 0.2) is 28.2 Å². The molecule has 1 atom stereocenters. The monoisotopic (exact) mass is 622 g/mol. The van der Waals surface area contributed by atoms with E-state index in [-0.39, 0.29) is 22.2 Å². The molecule has 1 amide bonds. The van der Waals surface area contributed by atoms with Crippen LogP contribution in [0.2, 0.25) is 0 Å². The maximum atomic E-state index is 13.8. The van der Waals surface area contributed by atoms with Crippen LogP contribution in [-0.4, -0.2) is 44.1 Å². The lowest BCUT2D eigenvalue weighted by Crippen LogP contribution is -2.29. The Morgan fingerprint density at radius 3 is 2.42 bits per heavy atom. The van der Waals surface area contributed by atoms with E-state index in [1.54, 1.807) is 32.0 Å². The molecule has 3 aromatic heterocycles. The number of amides is 1. The maximum Gasteiger partial charge on any atom is 0.301 e. The molecule has 0 spiro atoms. The Bertz CT molecular complexity index is 2030. The molecule has 1 saturated heterocycles. The number of rotatable bonds is 8. The van der Waals surface area contributed by atoms with Gasteiger partial charge in [-0.1, -0.05) is 53.8 Å². The van der Waals surface area contributed by atoms with E-state index in [2.05, 4.69) is 9.97 Å². The van der Waals surface area contributed by atoms with Crippen LogP contribution in [0, 0.1) is 20.8 Å². The Morgan fingerprint density at radius 2 is 1.76 bits per heavy atom. The molecule has 0 saturated carbocycles. The van der Waals surface area contributed by atoms with Crippen molar-refractivity contribution in [3.63, 3.8) is 0 Å². The minimum absolute atomic E-state index is 0.151. The first-order valence-electron chi connectivity index (χ1n) is 14.2. The smallest absolute Gasteiger partial charge is 0.301 e. The van der Waals surface area contributed by atoms with Gasteiger partial charge in [0.25, 0.3) is 5.78 Å². The van der Waals surface area contributed by atoms with Crippen molar-refractivity contribution in [3.05, 3.63) is 111 Å². The van der Waals surface area contributed by atoms with Gasteiger partial charge < -0.3 is 19.0 Å². The lowest BCUT2D eigenvalue weighted by molar-refractivity contribution is -0.132. The van der Waals surface area contributed by atoms with Crippen molar-refractivity contribution in [1.82, 2.24) is 14.4 Å². The van der Waals surface area contributed by atoms with Crippen LogP contribution in [0.15, 0.2) is 72.4 Å². The number of ketones is 2. The molecule has 5 aromatic rings. The summed E-state index contributed by atoms with van der Waals surface area (Å²) in [7, 11) is 1.50. The summed E-state index contributed by atoms with van der Waals surface area (Å²) < 4.78 is 13.5. The van der Waals surface area contributed by atoms with E-state index >= 15 is 0 Å². The van der Waals surface area contributed by atoms with E-state index < -0.39 is 23.5 Å². The number of pyridine rings is 1. The number of methoxy groups -OCH3 is 1. The van der Waals surface area contributed by atoms with Gasteiger partial charge in [-0.05, 0) is 55.7 Å².